The molecule has 1 aromatic heterocycles. The van der Waals surface area contributed by atoms with Gasteiger partial charge in [-0.3, -0.25) is 0 Å². The van der Waals surface area contributed by atoms with Crippen molar-refractivity contribution in [2.75, 3.05) is 20.3 Å². The zero-order valence-corrected chi connectivity index (χ0v) is 8.80. The summed E-state index contributed by atoms with van der Waals surface area (Å²) in [4.78, 5) is 12.1. The van der Waals surface area contributed by atoms with Crippen molar-refractivity contribution in [1.82, 2.24) is 5.32 Å². The van der Waals surface area contributed by atoms with E-state index in [4.69, 9.17) is 9.47 Å². The smallest absolute Gasteiger partial charge is 0.407 e. The van der Waals surface area contributed by atoms with Gasteiger partial charge in [-0.05, 0) is 11.4 Å². The van der Waals surface area contributed by atoms with Crippen molar-refractivity contribution >= 4 is 17.4 Å². The highest BCUT2D eigenvalue weighted by Crippen LogP contribution is 2.07. The van der Waals surface area contributed by atoms with Gasteiger partial charge in [-0.25, -0.2) is 4.79 Å². The third kappa shape index (κ3) is 4.25. The normalized spacial score (nSPS) is 9.79. The van der Waals surface area contributed by atoms with Crippen LogP contribution in [0.5, 0.6) is 0 Å². The molecule has 0 aliphatic carbocycles. The molecule has 0 bridgehead atoms. The van der Waals surface area contributed by atoms with E-state index in [0.717, 1.165) is 4.88 Å². The largest absolute Gasteiger partial charge is 0.447 e. The van der Waals surface area contributed by atoms with E-state index in [-0.39, 0.29) is 6.61 Å². The average molecular weight is 215 g/mol. The van der Waals surface area contributed by atoms with E-state index in [1.54, 1.807) is 18.4 Å². The lowest BCUT2D eigenvalue weighted by Gasteiger charge is -2.04. The molecule has 0 aliphatic heterocycles. The number of hydrogen-bond acceptors (Lipinski definition) is 4. The minimum absolute atomic E-state index is 0.284. The highest BCUT2D eigenvalue weighted by Gasteiger charge is 2.01. The predicted octanol–water partition coefficient (Wildman–Crippen LogP) is 1.62. The van der Waals surface area contributed by atoms with Gasteiger partial charge in [0, 0.05) is 12.0 Å². The molecule has 0 radical (unpaired) electrons. The van der Waals surface area contributed by atoms with E-state index < -0.39 is 6.09 Å². The second-order valence-corrected chi connectivity index (χ2v) is 3.59. The van der Waals surface area contributed by atoms with Crippen LogP contribution in [0.1, 0.15) is 4.88 Å². The molecule has 0 fully saturated rings. The number of rotatable bonds is 5. The van der Waals surface area contributed by atoms with Crippen LogP contribution >= 0.6 is 11.3 Å². The molecule has 5 heteroatoms. The lowest BCUT2D eigenvalue weighted by atomic mass is 10.5. The Balaban J connectivity index is 2.09. The molecule has 0 aromatic carbocycles. The standard InChI is InChI=1S/C9H13NO3S/c1-12-4-5-13-9(11)10-7-8-3-2-6-14-8/h2-3,6H,4-5,7H2,1H3,(H,10,11). The SMILES string of the molecule is COCCOC(=O)NCc1cccs1. The first kappa shape index (κ1) is 11.0. The number of methoxy groups -OCH3 is 1. The van der Waals surface area contributed by atoms with Crippen LogP contribution in [0, 0.1) is 0 Å². The number of hydrogen-bond donors (Lipinski definition) is 1. The Morgan fingerprint density at radius 1 is 1.57 bits per heavy atom. The van der Waals surface area contributed by atoms with Crippen LogP contribution in [0.15, 0.2) is 17.5 Å². The average Bonchev–Trinajstić information content (AvgIpc) is 2.68. The summed E-state index contributed by atoms with van der Waals surface area (Å²) in [6.45, 7) is 1.22. The molecule has 4 nitrogen and oxygen atoms in total. The number of carbonyl (C=O) groups excluding carboxylic acids is 1. The summed E-state index contributed by atoms with van der Waals surface area (Å²) in [5.74, 6) is 0. The molecule has 1 aromatic rings. The maximum Gasteiger partial charge on any atom is 0.407 e. The van der Waals surface area contributed by atoms with Crippen molar-refractivity contribution in [3.63, 3.8) is 0 Å². The molecule has 78 valence electrons. The van der Waals surface area contributed by atoms with Gasteiger partial charge in [0.15, 0.2) is 0 Å². The van der Waals surface area contributed by atoms with Gasteiger partial charge in [-0.1, -0.05) is 6.07 Å². The Labute approximate surface area is 86.8 Å². The number of ether oxygens (including phenoxy) is 2. The molecule has 1 amide bonds. The third-order valence-corrected chi connectivity index (χ3v) is 2.38. The highest BCUT2D eigenvalue weighted by molar-refractivity contribution is 7.09. The van der Waals surface area contributed by atoms with E-state index >= 15 is 0 Å². The van der Waals surface area contributed by atoms with Crippen LogP contribution in [0.2, 0.25) is 0 Å². The second kappa shape index (κ2) is 6.39. The summed E-state index contributed by atoms with van der Waals surface area (Å²) in [5.41, 5.74) is 0. The number of amides is 1. The van der Waals surface area contributed by atoms with Crippen LogP contribution in [0.4, 0.5) is 4.79 Å². The van der Waals surface area contributed by atoms with Crippen molar-refractivity contribution < 1.29 is 14.3 Å². The van der Waals surface area contributed by atoms with Crippen LogP contribution in [0.3, 0.4) is 0 Å². The van der Waals surface area contributed by atoms with Crippen molar-refractivity contribution in [3.8, 4) is 0 Å². The van der Waals surface area contributed by atoms with Gasteiger partial charge in [0.1, 0.15) is 6.61 Å². The van der Waals surface area contributed by atoms with Gasteiger partial charge >= 0.3 is 6.09 Å². The van der Waals surface area contributed by atoms with E-state index in [9.17, 15) is 4.79 Å². The number of alkyl carbamates (subject to hydrolysis) is 1. The van der Waals surface area contributed by atoms with Crippen LogP contribution in [-0.4, -0.2) is 26.4 Å². The fraction of sp³-hybridized carbons (Fsp3) is 0.444. The molecule has 1 heterocycles. The fourth-order valence-electron chi connectivity index (χ4n) is 0.841. The van der Waals surface area contributed by atoms with Crippen LogP contribution in [-0.2, 0) is 16.0 Å². The summed E-state index contributed by atoms with van der Waals surface area (Å²) in [6, 6.07) is 3.90. The summed E-state index contributed by atoms with van der Waals surface area (Å²) >= 11 is 1.60. The molecule has 0 atom stereocenters. The monoisotopic (exact) mass is 215 g/mol. The van der Waals surface area contributed by atoms with E-state index in [0.29, 0.717) is 13.2 Å². The first-order chi connectivity index (χ1) is 6.83. The summed E-state index contributed by atoms with van der Waals surface area (Å²) in [7, 11) is 1.56. The van der Waals surface area contributed by atoms with Gasteiger partial charge in [0.25, 0.3) is 0 Å². The molecule has 0 saturated heterocycles. The van der Waals surface area contributed by atoms with Crippen LogP contribution in [0.25, 0.3) is 0 Å². The molecule has 0 spiro atoms. The van der Waals surface area contributed by atoms with Gasteiger partial charge in [0.2, 0.25) is 0 Å². The van der Waals surface area contributed by atoms with Crippen molar-refractivity contribution in [1.29, 1.82) is 0 Å². The van der Waals surface area contributed by atoms with Gasteiger partial charge in [-0.2, -0.15) is 0 Å². The molecule has 1 rings (SSSR count). The van der Waals surface area contributed by atoms with Crippen molar-refractivity contribution in [2.45, 2.75) is 6.54 Å². The summed E-state index contributed by atoms with van der Waals surface area (Å²) < 4.78 is 9.55. The quantitative estimate of drug-likeness (QED) is 0.759. The van der Waals surface area contributed by atoms with E-state index in [1.165, 1.54) is 0 Å². The first-order valence-electron chi connectivity index (χ1n) is 4.25. The maximum atomic E-state index is 11.0. The van der Waals surface area contributed by atoms with Gasteiger partial charge in [-0.15, -0.1) is 11.3 Å². The predicted molar refractivity (Wildman–Crippen MR) is 54.4 cm³/mol. The zero-order valence-electron chi connectivity index (χ0n) is 7.99. The van der Waals surface area contributed by atoms with E-state index in [1.807, 2.05) is 17.5 Å². The molecule has 1 N–H and O–H groups in total. The Hall–Kier alpha value is -1.07. The van der Waals surface area contributed by atoms with Crippen molar-refractivity contribution in [2.24, 2.45) is 0 Å². The fourth-order valence-corrected chi connectivity index (χ4v) is 1.49. The number of thiophene rings is 1. The summed E-state index contributed by atoms with van der Waals surface area (Å²) in [6.07, 6.45) is -0.407. The Bertz CT molecular complexity index is 261. The number of carbonyl (C=O) groups is 1. The molecule has 0 saturated carbocycles. The Morgan fingerprint density at radius 3 is 3.07 bits per heavy atom. The van der Waals surface area contributed by atoms with Gasteiger partial charge in [0.05, 0.1) is 13.2 Å². The zero-order chi connectivity index (χ0) is 10.2. The molecular formula is C9H13NO3S. The first-order valence-corrected chi connectivity index (χ1v) is 5.13. The van der Waals surface area contributed by atoms with Gasteiger partial charge < -0.3 is 14.8 Å². The lowest BCUT2D eigenvalue weighted by Crippen LogP contribution is -2.24. The molecule has 14 heavy (non-hydrogen) atoms. The molecule has 0 unspecified atom stereocenters. The van der Waals surface area contributed by atoms with Crippen molar-refractivity contribution in [3.05, 3.63) is 22.4 Å². The molecular weight excluding hydrogens is 202 g/mol. The second-order valence-electron chi connectivity index (χ2n) is 2.56. The maximum absolute atomic E-state index is 11.0. The molecule has 0 aliphatic rings. The third-order valence-electron chi connectivity index (χ3n) is 1.51. The minimum Gasteiger partial charge on any atom is -0.447 e. The highest BCUT2D eigenvalue weighted by atomic mass is 32.1. The Morgan fingerprint density at radius 2 is 2.43 bits per heavy atom. The van der Waals surface area contributed by atoms with E-state index in [2.05, 4.69) is 5.32 Å². The topological polar surface area (TPSA) is 47.6 Å². The lowest BCUT2D eigenvalue weighted by molar-refractivity contribution is 0.0983. The summed E-state index contributed by atoms with van der Waals surface area (Å²) in [5, 5.41) is 4.60. The van der Waals surface area contributed by atoms with Crippen LogP contribution < -0.4 is 5.32 Å². The Kier molecular flexibility index (Phi) is 5.03. The minimum atomic E-state index is -0.407. The number of nitrogens with one attached hydrogen (secondary N) is 1.